The predicted octanol–water partition coefficient (Wildman–Crippen LogP) is 3.43. The Morgan fingerprint density at radius 1 is 1.10 bits per heavy atom. The molecule has 2 fully saturated rings. The number of fused-ring (bicyclic) bond motifs is 1. The summed E-state index contributed by atoms with van der Waals surface area (Å²) in [6.07, 6.45) is 0. The van der Waals surface area contributed by atoms with E-state index in [1.807, 2.05) is 17.0 Å². The topological polar surface area (TPSA) is 49.9 Å². The lowest BCUT2D eigenvalue weighted by Gasteiger charge is -2.30. The van der Waals surface area contributed by atoms with Crippen LogP contribution >= 0.6 is 0 Å². The molecule has 2 heterocycles. The highest BCUT2D eigenvalue weighted by Crippen LogP contribution is 2.46. The van der Waals surface area contributed by atoms with Crippen LogP contribution in [0.5, 0.6) is 5.75 Å². The Hall–Kier alpha value is -2.89. The Morgan fingerprint density at radius 2 is 1.86 bits per heavy atom. The second kappa shape index (κ2) is 7.50. The monoisotopic (exact) mass is 396 g/mol. The molecule has 0 aromatic heterocycles. The van der Waals surface area contributed by atoms with E-state index in [9.17, 15) is 14.0 Å². The van der Waals surface area contributed by atoms with Gasteiger partial charge in [0.15, 0.2) is 11.6 Å². The molecule has 0 saturated carbocycles. The molecule has 2 saturated heterocycles. The van der Waals surface area contributed by atoms with Gasteiger partial charge in [0.1, 0.15) is 0 Å². The number of rotatable bonds is 3. The molecule has 2 amide bonds. The van der Waals surface area contributed by atoms with Gasteiger partial charge >= 0.3 is 0 Å². The highest BCUT2D eigenvalue weighted by Gasteiger charge is 2.49. The van der Waals surface area contributed by atoms with Crippen LogP contribution in [0.1, 0.15) is 34.5 Å². The quantitative estimate of drug-likeness (QED) is 0.799. The Balaban J connectivity index is 1.59. The molecule has 0 radical (unpaired) electrons. The molecule has 4 rings (SSSR count). The smallest absolute Gasteiger partial charge is 0.253 e. The first-order chi connectivity index (χ1) is 13.9. The third-order valence-corrected chi connectivity index (χ3v) is 6.26. The SMILES string of the molecule is COc1ccc(C(=O)N2C[C@@H]3CN(C(C)=O)[C@H](c4ccccc4C)[C@@H]3C2)cc1F. The van der Waals surface area contributed by atoms with E-state index >= 15 is 0 Å². The van der Waals surface area contributed by atoms with Crippen molar-refractivity contribution in [2.24, 2.45) is 11.8 Å². The summed E-state index contributed by atoms with van der Waals surface area (Å²) >= 11 is 0. The molecule has 2 aliphatic heterocycles. The summed E-state index contributed by atoms with van der Waals surface area (Å²) in [4.78, 5) is 29.0. The normalized spacial score (nSPS) is 23.2. The molecule has 0 unspecified atom stereocenters. The number of ether oxygens (including phenoxy) is 1. The molecule has 2 aliphatic rings. The Morgan fingerprint density at radius 3 is 2.52 bits per heavy atom. The van der Waals surface area contributed by atoms with Gasteiger partial charge in [-0.25, -0.2) is 4.39 Å². The number of hydrogen-bond donors (Lipinski definition) is 0. The maximum Gasteiger partial charge on any atom is 0.253 e. The summed E-state index contributed by atoms with van der Waals surface area (Å²) in [5.74, 6) is -0.154. The highest BCUT2D eigenvalue weighted by molar-refractivity contribution is 5.94. The van der Waals surface area contributed by atoms with Crippen LogP contribution in [0.25, 0.3) is 0 Å². The summed E-state index contributed by atoms with van der Waals surface area (Å²) < 4.78 is 19.0. The predicted molar refractivity (Wildman–Crippen MR) is 107 cm³/mol. The van der Waals surface area contributed by atoms with E-state index < -0.39 is 5.82 Å². The first kappa shape index (κ1) is 19.4. The average Bonchev–Trinajstić information content (AvgIpc) is 3.26. The van der Waals surface area contributed by atoms with Crippen molar-refractivity contribution in [2.45, 2.75) is 19.9 Å². The molecule has 2 aromatic rings. The molecule has 5 nitrogen and oxygen atoms in total. The minimum Gasteiger partial charge on any atom is -0.494 e. The van der Waals surface area contributed by atoms with Gasteiger partial charge in [-0.3, -0.25) is 9.59 Å². The Kier molecular flexibility index (Phi) is 5.03. The molecule has 0 aliphatic carbocycles. The van der Waals surface area contributed by atoms with Crippen LogP contribution in [0.3, 0.4) is 0 Å². The zero-order valence-corrected chi connectivity index (χ0v) is 16.9. The van der Waals surface area contributed by atoms with Crippen LogP contribution in [-0.2, 0) is 4.79 Å². The molecular formula is C23H25FN2O3. The van der Waals surface area contributed by atoms with Crippen LogP contribution in [0.2, 0.25) is 0 Å². The second-order valence-corrected chi connectivity index (χ2v) is 7.96. The van der Waals surface area contributed by atoms with E-state index in [1.165, 1.54) is 19.2 Å². The minimum atomic E-state index is -0.543. The van der Waals surface area contributed by atoms with Crippen molar-refractivity contribution in [1.29, 1.82) is 0 Å². The number of amides is 2. The maximum absolute atomic E-state index is 14.1. The van der Waals surface area contributed by atoms with Crippen molar-refractivity contribution in [3.8, 4) is 5.75 Å². The average molecular weight is 396 g/mol. The van der Waals surface area contributed by atoms with Crippen molar-refractivity contribution in [2.75, 3.05) is 26.7 Å². The molecule has 2 aromatic carbocycles. The Bertz CT molecular complexity index is 961. The number of hydrogen-bond acceptors (Lipinski definition) is 3. The molecule has 6 heteroatoms. The highest BCUT2D eigenvalue weighted by atomic mass is 19.1. The van der Waals surface area contributed by atoms with Crippen molar-refractivity contribution < 1.29 is 18.7 Å². The van der Waals surface area contributed by atoms with Crippen LogP contribution in [-0.4, -0.2) is 48.4 Å². The molecule has 0 spiro atoms. The number of benzene rings is 2. The molecule has 3 atom stereocenters. The van der Waals surface area contributed by atoms with Crippen molar-refractivity contribution in [1.82, 2.24) is 9.80 Å². The second-order valence-electron chi connectivity index (χ2n) is 7.96. The molecule has 152 valence electrons. The van der Waals surface area contributed by atoms with E-state index in [1.54, 1.807) is 17.9 Å². The van der Waals surface area contributed by atoms with E-state index in [2.05, 4.69) is 19.1 Å². The lowest BCUT2D eigenvalue weighted by Crippen LogP contribution is -2.36. The standard InChI is InChI=1S/C23H25FN2O3/c1-14-6-4-5-7-18(14)22-19-13-25(11-17(19)12-26(22)15(2)27)23(28)16-8-9-21(29-3)20(24)10-16/h4-10,17,19,22H,11-13H2,1-3H3/t17-,19-,22-/m1/s1. The van der Waals surface area contributed by atoms with Crippen molar-refractivity contribution >= 4 is 11.8 Å². The van der Waals surface area contributed by atoms with Gasteiger partial charge in [-0.05, 0) is 36.2 Å². The van der Waals surface area contributed by atoms with Crippen LogP contribution in [0.4, 0.5) is 4.39 Å². The number of carbonyl (C=O) groups is 2. The molecule has 0 N–H and O–H groups in total. The fourth-order valence-corrected chi connectivity index (χ4v) is 4.83. The summed E-state index contributed by atoms with van der Waals surface area (Å²) in [7, 11) is 1.40. The van der Waals surface area contributed by atoms with Crippen molar-refractivity contribution in [3.05, 3.63) is 65.0 Å². The first-order valence-corrected chi connectivity index (χ1v) is 9.86. The third-order valence-electron chi connectivity index (χ3n) is 6.26. The van der Waals surface area contributed by atoms with E-state index in [0.29, 0.717) is 25.2 Å². The van der Waals surface area contributed by atoms with E-state index in [0.717, 1.165) is 11.1 Å². The minimum absolute atomic E-state index is 0.0379. The van der Waals surface area contributed by atoms with Gasteiger partial charge in [0.25, 0.3) is 5.91 Å². The number of carbonyl (C=O) groups excluding carboxylic acids is 2. The zero-order chi connectivity index (χ0) is 20.7. The van der Waals surface area contributed by atoms with Gasteiger partial charge in [0.05, 0.1) is 13.2 Å². The maximum atomic E-state index is 14.1. The molecular weight excluding hydrogens is 371 g/mol. The summed E-state index contributed by atoms with van der Waals surface area (Å²) in [5.41, 5.74) is 2.60. The van der Waals surface area contributed by atoms with Gasteiger partial charge in [-0.1, -0.05) is 24.3 Å². The van der Waals surface area contributed by atoms with Gasteiger partial charge in [-0.2, -0.15) is 0 Å². The number of methoxy groups -OCH3 is 1. The third kappa shape index (κ3) is 3.37. The van der Waals surface area contributed by atoms with Crippen LogP contribution in [0.15, 0.2) is 42.5 Å². The number of nitrogens with zero attached hydrogens (tertiary/aromatic N) is 2. The summed E-state index contributed by atoms with van der Waals surface area (Å²) in [6.45, 7) is 5.43. The largest absolute Gasteiger partial charge is 0.494 e. The van der Waals surface area contributed by atoms with E-state index in [4.69, 9.17) is 4.74 Å². The molecule has 29 heavy (non-hydrogen) atoms. The summed E-state index contributed by atoms with van der Waals surface area (Å²) in [5, 5.41) is 0. The van der Waals surface area contributed by atoms with Crippen molar-refractivity contribution in [3.63, 3.8) is 0 Å². The van der Waals surface area contributed by atoms with Crippen LogP contribution < -0.4 is 4.74 Å². The van der Waals surface area contributed by atoms with Gasteiger partial charge in [-0.15, -0.1) is 0 Å². The van der Waals surface area contributed by atoms with Gasteiger partial charge in [0, 0.05) is 44.0 Å². The number of aryl methyl sites for hydroxylation is 1. The number of likely N-dealkylation sites (tertiary alicyclic amines) is 2. The summed E-state index contributed by atoms with van der Waals surface area (Å²) in [6, 6.07) is 12.4. The van der Waals surface area contributed by atoms with Gasteiger partial charge in [0.2, 0.25) is 5.91 Å². The zero-order valence-electron chi connectivity index (χ0n) is 16.9. The lowest BCUT2D eigenvalue weighted by atomic mass is 9.87. The fourth-order valence-electron chi connectivity index (χ4n) is 4.83. The molecule has 0 bridgehead atoms. The van der Waals surface area contributed by atoms with Gasteiger partial charge < -0.3 is 14.5 Å². The van der Waals surface area contributed by atoms with E-state index in [-0.39, 0.29) is 35.4 Å². The number of halogens is 1. The lowest BCUT2D eigenvalue weighted by molar-refractivity contribution is -0.130. The first-order valence-electron chi connectivity index (χ1n) is 9.86. The Labute approximate surface area is 170 Å². The van der Waals surface area contributed by atoms with Crippen LogP contribution in [0, 0.1) is 24.6 Å². The fraction of sp³-hybridized carbons (Fsp3) is 0.391.